The molecule has 2 fully saturated rings. The van der Waals surface area contributed by atoms with E-state index in [0.29, 0.717) is 0 Å². The van der Waals surface area contributed by atoms with Crippen LogP contribution >= 0.6 is 0 Å². The van der Waals surface area contributed by atoms with E-state index in [0.717, 1.165) is 0 Å². The summed E-state index contributed by atoms with van der Waals surface area (Å²) in [6, 6.07) is 4.54. The van der Waals surface area contributed by atoms with Crippen LogP contribution in [0.2, 0.25) is 18.1 Å². The molecule has 0 aromatic rings. The molecule has 2 heteroatoms. The summed E-state index contributed by atoms with van der Waals surface area (Å²) in [5, 5.41) is 0. The number of allylic oxidation sites excluding steroid dienone is 1. The average molecular weight is 223 g/mol. The lowest BCUT2D eigenvalue weighted by molar-refractivity contribution is 0.384. The van der Waals surface area contributed by atoms with E-state index in [2.05, 4.69) is 17.6 Å². The van der Waals surface area contributed by atoms with Crippen LogP contribution in [-0.4, -0.2) is 32.2 Å². The van der Waals surface area contributed by atoms with E-state index in [1.807, 2.05) is 0 Å². The van der Waals surface area contributed by atoms with Crippen LogP contribution in [0.25, 0.3) is 0 Å². The van der Waals surface area contributed by atoms with Crippen LogP contribution in [0.15, 0.2) is 12.7 Å². The molecule has 0 N–H and O–H groups in total. The van der Waals surface area contributed by atoms with Gasteiger partial charge in [-0.05, 0) is 38.1 Å². The predicted molar refractivity (Wildman–Crippen MR) is 69.9 cm³/mol. The highest BCUT2D eigenvalue weighted by Gasteiger charge is 2.35. The fourth-order valence-corrected chi connectivity index (χ4v) is 8.43. The number of hydrogen-bond acceptors (Lipinski definition) is 1. The summed E-state index contributed by atoms with van der Waals surface area (Å²) in [4.78, 5) is 2.75. The minimum Gasteiger partial charge on any atom is -0.306 e. The van der Waals surface area contributed by atoms with E-state index in [1.165, 1.54) is 57.4 Å². The lowest BCUT2D eigenvalue weighted by Gasteiger charge is -2.37. The first-order valence-electron chi connectivity index (χ1n) is 6.68. The standard InChI is InChI=1S/C13H25NSi/c1-2-10-15(11-6-3-7-12-15)13-14-8-4-5-9-14/h2H,1,3-13H2. The highest BCUT2D eigenvalue weighted by molar-refractivity contribution is 6.80. The topological polar surface area (TPSA) is 3.24 Å². The van der Waals surface area contributed by atoms with Gasteiger partial charge in [0.2, 0.25) is 0 Å². The summed E-state index contributed by atoms with van der Waals surface area (Å²) in [6.45, 7) is 6.75. The van der Waals surface area contributed by atoms with Crippen LogP contribution < -0.4 is 0 Å². The molecule has 0 spiro atoms. The molecular weight excluding hydrogens is 198 g/mol. The van der Waals surface area contributed by atoms with Crippen molar-refractivity contribution in [3.05, 3.63) is 12.7 Å². The van der Waals surface area contributed by atoms with Crippen molar-refractivity contribution in [1.29, 1.82) is 0 Å². The first kappa shape index (κ1) is 11.4. The molecule has 2 aliphatic heterocycles. The van der Waals surface area contributed by atoms with Crippen molar-refractivity contribution in [2.24, 2.45) is 0 Å². The summed E-state index contributed by atoms with van der Waals surface area (Å²) < 4.78 is 0. The van der Waals surface area contributed by atoms with E-state index in [9.17, 15) is 0 Å². The summed E-state index contributed by atoms with van der Waals surface area (Å²) >= 11 is 0. The van der Waals surface area contributed by atoms with Gasteiger partial charge in [0.15, 0.2) is 0 Å². The molecule has 0 aliphatic carbocycles. The van der Waals surface area contributed by atoms with Gasteiger partial charge < -0.3 is 4.90 Å². The predicted octanol–water partition coefficient (Wildman–Crippen LogP) is 3.44. The zero-order valence-corrected chi connectivity index (χ0v) is 11.0. The molecule has 0 aromatic heterocycles. The van der Waals surface area contributed by atoms with Crippen molar-refractivity contribution in [3.8, 4) is 0 Å². The molecule has 2 aliphatic rings. The van der Waals surface area contributed by atoms with Gasteiger partial charge >= 0.3 is 0 Å². The van der Waals surface area contributed by atoms with Crippen molar-refractivity contribution >= 4 is 8.07 Å². The SMILES string of the molecule is C=CC[Si]1(CN2CCCC2)CCCCC1. The highest BCUT2D eigenvalue weighted by Crippen LogP contribution is 2.33. The smallest absolute Gasteiger partial charge is 0.0727 e. The average Bonchev–Trinajstić information content (AvgIpc) is 2.72. The minimum atomic E-state index is -0.940. The second kappa shape index (κ2) is 5.31. The molecule has 0 atom stereocenters. The third-order valence-corrected chi connectivity index (χ3v) is 9.35. The molecule has 2 heterocycles. The monoisotopic (exact) mass is 223 g/mol. The maximum Gasteiger partial charge on any atom is 0.0727 e. The maximum atomic E-state index is 3.99. The molecule has 0 bridgehead atoms. The fraction of sp³-hybridized carbons (Fsp3) is 0.846. The lowest BCUT2D eigenvalue weighted by Crippen LogP contribution is -2.47. The van der Waals surface area contributed by atoms with Gasteiger partial charge in [0, 0.05) is 0 Å². The van der Waals surface area contributed by atoms with E-state index >= 15 is 0 Å². The van der Waals surface area contributed by atoms with Crippen LogP contribution in [-0.2, 0) is 0 Å². The second-order valence-corrected chi connectivity index (χ2v) is 10.3. The Labute approximate surface area is 95.6 Å². The van der Waals surface area contributed by atoms with Gasteiger partial charge in [-0.1, -0.05) is 37.4 Å². The Morgan fingerprint density at radius 1 is 1.00 bits per heavy atom. The van der Waals surface area contributed by atoms with Gasteiger partial charge in [-0.3, -0.25) is 0 Å². The van der Waals surface area contributed by atoms with Crippen molar-refractivity contribution in [2.75, 3.05) is 19.3 Å². The number of rotatable bonds is 4. The van der Waals surface area contributed by atoms with Crippen molar-refractivity contribution in [2.45, 2.75) is 50.2 Å². The minimum absolute atomic E-state index is 0.940. The second-order valence-electron chi connectivity index (χ2n) is 5.54. The van der Waals surface area contributed by atoms with E-state index in [1.54, 1.807) is 12.1 Å². The van der Waals surface area contributed by atoms with Crippen LogP contribution in [0.4, 0.5) is 0 Å². The molecule has 15 heavy (non-hydrogen) atoms. The zero-order valence-electron chi connectivity index (χ0n) is 10.0. The summed E-state index contributed by atoms with van der Waals surface area (Å²) in [5.41, 5.74) is 0. The van der Waals surface area contributed by atoms with Crippen molar-refractivity contribution < 1.29 is 0 Å². The normalized spacial score (nSPS) is 26.7. The third kappa shape index (κ3) is 2.94. The van der Waals surface area contributed by atoms with Crippen LogP contribution in [0, 0.1) is 0 Å². The number of nitrogens with zero attached hydrogens (tertiary/aromatic N) is 1. The van der Waals surface area contributed by atoms with Gasteiger partial charge in [0.25, 0.3) is 0 Å². The lowest BCUT2D eigenvalue weighted by atomic mass is 10.3. The molecule has 0 unspecified atom stereocenters. The highest BCUT2D eigenvalue weighted by atomic mass is 28.3. The third-order valence-electron chi connectivity index (χ3n) is 4.25. The fourth-order valence-electron chi connectivity index (χ4n) is 3.45. The quantitative estimate of drug-likeness (QED) is 0.521. The van der Waals surface area contributed by atoms with Crippen molar-refractivity contribution in [3.63, 3.8) is 0 Å². The van der Waals surface area contributed by atoms with Gasteiger partial charge in [0.05, 0.1) is 8.07 Å². The van der Waals surface area contributed by atoms with Gasteiger partial charge in [-0.25, -0.2) is 0 Å². The van der Waals surface area contributed by atoms with Crippen LogP contribution in [0.5, 0.6) is 0 Å². The summed E-state index contributed by atoms with van der Waals surface area (Å²) in [6.07, 6.45) is 11.1. The molecule has 2 rings (SSSR count). The summed E-state index contributed by atoms with van der Waals surface area (Å²) in [5.74, 6) is 0. The number of hydrogen-bond donors (Lipinski definition) is 0. The molecule has 0 saturated carbocycles. The Hall–Kier alpha value is -0.0831. The van der Waals surface area contributed by atoms with Crippen LogP contribution in [0.1, 0.15) is 32.1 Å². The Bertz CT molecular complexity index is 203. The molecule has 2 saturated heterocycles. The molecule has 0 radical (unpaired) electrons. The van der Waals surface area contributed by atoms with E-state index < -0.39 is 8.07 Å². The molecular formula is C13H25NSi. The van der Waals surface area contributed by atoms with Crippen molar-refractivity contribution in [1.82, 2.24) is 4.90 Å². The molecule has 0 aromatic carbocycles. The van der Waals surface area contributed by atoms with Crippen LogP contribution in [0.3, 0.4) is 0 Å². The number of likely N-dealkylation sites (tertiary alicyclic amines) is 1. The first-order chi connectivity index (χ1) is 7.35. The van der Waals surface area contributed by atoms with E-state index in [-0.39, 0.29) is 0 Å². The zero-order chi connectivity index (χ0) is 10.6. The van der Waals surface area contributed by atoms with Gasteiger partial charge in [-0.15, -0.1) is 6.58 Å². The Morgan fingerprint density at radius 3 is 2.27 bits per heavy atom. The maximum absolute atomic E-state index is 3.99. The molecule has 1 nitrogen and oxygen atoms in total. The Kier molecular flexibility index (Phi) is 4.03. The largest absolute Gasteiger partial charge is 0.306 e. The van der Waals surface area contributed by atoms with E-state index in [4.69, 9.17) is 0 Å². The molecule has 0 amide bonds. The summed E-state index contributed by atoms with van der Waals surface area (Å²) in [7, 11) is -0.940. The first-order valence-corrected chi connectivity index (χ1v) is 9.51. The van der Waals surface area contributed by atoms with Gasteiger partial charge in [0.1, 0.15) is 0 Å². The molecule has 86 valence electrons. The Balaban J connectivity index is 1.93. The Morgan fingerprint density at radius 2 is 1.67 bits per heavy atom. The van der Waals surface area contributed by atoms with Gasteiger partial charge in [-0.2, -0.15) is 0 Å².